The first-order valence-corrected chi connectivity index (χ1v) is 14.9. The van der Waals surface area contributed by atoms with E-state index in [1.54, 1.807) is 6.07 Å². The summed E-state index contributed by atoms with van der Waals surface area (Å²) < 4.78 is 11.9. The molecule has 2 aliphatic carbocycles. The molecule has 8 heteroatoms. The van der Waals surface area contributed by atoms with Crippen molar-refractivity contribution < 1.29 is 29.0 Å². The monoisotopic (exact) mass is 669 g/mol. The van der Waals surface area contributed by atoms with Crippen molar-refractivity contribution >= 4 is 40.1 Å². The molecule has 0 amide bonds. The second-order valence-corrected chi connectivity index (χ2v) is 14.0. The number of carboxylic acid groups (broad SMARTS) is 1. The molecule has 0 bridgehead atoms. The van der Waals surface area contributed by atoms with Gasteiger partial charge in [-0.1, -0.05) is 58.0 Å². The average Bonchev–Trinajstić information content (AvgIpc) is 2.87. The number of carboxylic acids is 1. The van der Waals surface area contributed by atoms with Gasteiger partial charge in [0.15, 0.2) is 29.7 Å². The molecule has 0 spiro atoms. The van der Waals surface area contributed by atoms with Crippen molar-refractivity contribution in [2.75, 3.05) is 13.7 Å². The van der Waals surface area contributed by atoms with Crippen molar-refractivity contribution in [3.63, 3.8) is 0 Å². The number of benzene rings is 2. The molecule has 0 unspecified atom stereocenters. The number of ether oxygens (including phenoxy) is 2. The highest BCUT2D eigenvalue weighted by Crippen LogP contribution is 2.55. The lowest BCUT2D eigenvalue weighted by Gasteiger charge is -2.49. The van der Waals surface area contributed by atoms with E-state index in [4.69, 9.17) is 14.6 Å². The second kappa shape index (κ2) is 10.9. The van der Waals surface area contributed by atoms with Crippen molar-refractivity contribution in [1.82, 2.24) is 4.90 Å². The molecule has 0 saturated carbocycles. The summed E-state index contributed by atoms with van der Waals surface area (Å²) in [6, 6.07) is 13.9. The van der Waals surface area contributed by atoms with Crippen LogP contribution in [-0.2, 0) is 20.9 Å². The van der Waals surface area contributed by atoms with E-state index < -0.39 is 18.5 Å². The summed E-state index contributed by atoms with van der Waals surface area (Å²) in [5.41, 5.74) is 4.80. The standard InChI is InChI=1S/C33H36INO6/c1-32(2)13-22-29(24(36)15-32)28(20-11-21(34)31(26(12-20)40-5)41-18-27(38)39)30-23(14-33(3,4)16-25(30)37)35(22)17-19-9-7-6-8-10-19/h6-12,28H,13-18H2,1-5H3,(H,38,39). The molecule has 3 aliphatic rings. The number of rotatable bonds is 7. The van der Waals surface area contributed by atoms with Gasteiger partial charge in [-0.05, 0) is 69.5 Å². The zero-order chi connectivity index (χ0) is 29.7. The highest BCUT2D eigenvalue weighted by Gasteiger charge is 2.49. The van der Waals surface area contributed by atoms with E-state index in [2.05, 4.69) is 67.3 Å². The van der Waals surface area contributed by atoms with Crippen molar-refractivity contribution in [2.24, 2.45) is 10.8 Å². The van der Waals surface area contributed by atoms with Gasteiger partial charge in [-0.25, -0.2) is 4.79 Å². The Morgan fingerprint density at radius 1 is 0.951 bits per heavy atom. The number of allylic oxidation sites excluding steroid dienone is 4. The van der Waals surface area contributed by atoms with Crippen LogP contribution in [-0.4, -0.2) is 41.3 Å². The summed E-state index contributed by atoms with van der Waals surface area (Å²) in [5.74, 6) is -0.802. The molecular weight excluding hydrogens is 633 g/mol. The van der Waals surface area contributed by atoms with Crippen LogP contribution in [0.5, 0.6) is 11.5 Å². The van der Waals surface area contributed by atoms with Crippen LogP contribution in [0.1, 0.15) is 70.4 Å². The Balaban J connectivity index is 1.75. The highest BCUT2D eigenvalue weighted by atomic mass is 127. The Bertz CT molecular complexity index is 1430. The Morgan fingerprint density at radius 3 is 2.02 bits per heavy atom. The zero-order valence-corrected chi connectivity index (χ0v) is 26.3. The van der Waals surface area contributed by atoms with Crippen LogP contribution < -0.4 is 9.47 Å². The molecule has 216 valence electrons. The molecule has 0 aromatic heterocycles. The molecule has 0 atom stereocenters. The molecule has 0 fully saturated rings. The second-order valence-electron chi connectivity index (χ2n) is 12.8. The number of methoxy groups -OCH3 is 1. The smallest absolute Gasteiger partial charge is 0.341 e. The lowest BCUT2D eigenvalue weighted by atomic mass is 9.63. The minimum Gasteiger partial charge on any atom is -0.493 e. The number of halogens is 1. The van der Waals surface area contributed by atoms with Crippen LogP contribution in [0, 0.1) is 14.4 Å². The quantitative estimate of drug-likeness (QED) is 0.330. The predicted octanol–water partition coefficient (Wildman–Crippen LogP) is 6.65. The maximum absolute atomic E-state index is 14.1. The molecule has 1 aliphatic heterocycles. The number of hydrogen-bond donors (Lipinski definition) is 1. The molecule has 0 radical (unpaired) electrons. The largest absolute Gasteiger partial charge is 0.493 e. The Morgan fingerprint density at radius 2 is 1.51 bits per heavy atom. The summed E-state index contributed by atoms with van der Waals surface area (Å²) >= 11 is 2.10. The first kappa shape index (κ1) is 29.4. The third kappa shape index (κ3) is 5.80. The maximum Gasteiger partial charge on any atom is 0.341 e. The number of aliphatic carboxylic acids is 1. The van der Waals surface area contributed by atoms with Gasteiger partial charge in [0.2, 0.25) is 0 Å². The number of carbonyl (C=O) groups is 3. The molecule has 1 heterocycles. The Labute approximate surface area is 254 Å². The van der Waals surface area contributed by atoms with Crippen LogP contribution in [0.4, 0.5) is 0 Å². The van der Waals surface area contributed by atoms with Crippen molar-refractivity contribution in [2.45, 2.75) is 65.8 Å². The van der Waals surface area contributed by atoms with Crippen molar-refractivity contribution in [3.05, 3.63) is 79.7 Å². The van der Waals surface area contributed by atoms with Crippen LogP contribution in [0.2, 0.25) is 0 Å². The Hall–Kier alpha value is -3.14. The normalized spacial score (nSPS) is 20.1. The number of nitrogens with zero attached hydrogens (tertiary/aromatic N) is 1. The van der Waals surface area contributed by atoms with Crippen LogP contribution in [0.25, 0.3) is 0 Å². The lowest BCUT2D eigenvalue weighted by Crippen LogP contribution is -2.44. The van der Waals surface area contributed by atoms with Crippen LogP contribution in [0.3, 0.4) is 0 Å². The summed E-state index contributed by atoms with van der Waals surface area (Å²) in [6.45, 7) is 8.60. The van der Waals surface area contributed by atoms with E-state index in [1.165, 1.54) is 7.11 Å². The lowest BCUT2D eigenvalue weighted by molar-refractivity contribution is -0.139. The van der Waals surface area contributed by atoms with Crippen molar-refractivity contribution in [1.29, 1.82) is 0 Å². The first-order chi connectivity index (χ1) is 19.3. The number of ketones is 2. The van der Waals surface area contributed by atoms with Gasteiger partial charge in [0, 0.05) is 47.8 Å². The van der Waals surface area contributed by atoms with E-state index in [1.807, 2.05) is 24.3 Å². The number of carbonyl (C=O) groups excluding carboxylic acids is 2. The molecule has 2 aromatic rings. The maximum atomic E-state index is 14.1. The summed E-state index contributed by atoms with van der Waals surface area (Å²) in [4.78, 5) is 41.6. The van der Waals surface area contributed by atoms with E-state index in [9.17, 15) is 14.4 Å². The Kier molecular flexibility index (Phi) is 7.82. The summed E-state index contributed by atoms with van der Waals surface area (Å²) in [7, 11) is 1.50. The van der Waals surface area contributed by atoms with Gasteiger partial charge in [-0.2, -0.15) is 0 Å². The summed E-state index contributed by atoms with van der Waals surface area (Å²) in [5, 5.41) is 9.16. The van der Waals surface area contributed by atoms with E-state index in [0.717, 1.165) is 35.4 Å². The molecule has 0 saturated heterocycles. The number of hydrogen-bond acceptors (Lipinski definition) is 6. The van der Waals surface area contributed by atoms with Gasteiger partial charge in [0.05, 0.1) is 10.7 Å². The molecule has 1 N–H and O–H groups in total. The van der Waals surface area contributed by atoms with Gasteiger partial charge in [-0.15, -0.1) is 0 Å². The highest BCUT2D eigenvalue weighted by molar-refractivity contribution is 14.1. The first-order valence-electron chi connectivity index (χ1n) is 13.9. The van der Waals surface area contributed by atoms with E-state index >= 15 is 0 Å². The fourth-order valence-corrected chi connectivity index (χ4v) is 7.30. The molecule has 41 heavy (non-hydrogen) atoms. The fraction of sp³-hybridized carbons (Fsp3) is 0.424. The van der Waals surface area contributed by atoms with E-state index in [0.29, 0.717) is 45.6 Å². The van der Waals surface area contributed by atoms with Crippen LogP contribution >= 0.6 is 22.6 Å². The zero-order valence-electron chi connectivity index (χ0n) is 24.2. The molecular formula is C33H36INO6. The third-order valence-corrected chi connectivity index (χ3v) is 8.93. The average molecular weight is 670 g/mol. The summed E-state index contributed by atoms with van der Waals surface area (Å²) in [6.07, 6.45) is 2.24. The fourth-order valence-electron chi connectivity index (χ4n) is 6.52. The van der Waals surface area contributed by atoms with Gasteiger partial charge < -0.3 is 19.5 Å². The van der Waals surface area contributed by atoms with Crippen LogP contribution in [0.15, 0.2) is 65.0 Å². The van der Waals surface area contributed by atoms with Gasteiger partial charge >= 0.3 is 5.97 Å². The predicted molar refractivity (Wildman–Crippen MR) is 164 cm³/mol. The van der Waals surface area contributed by atoms with Gasteiger partial charge in [0.1, 0.15) is 0 Å². The minimum absolute atomic E-state index is 0.0590. The van der Waals surface area contributed by atoms with Gasteiger partial charge in [0.25, 0.3) is 0 Å². The van der Waals surface area contributed by atoms with Gasteiger partial charge in [-0.3, -0.25) is 9.59 Å². The topological polar surface area (TPSA) is 93.1 Å². The van der Waals surface area contributed by atoms with Crippen molar-refractivity contribution in [3.8, 4) is 11.5 Å². The van der Waals surface area contributed by atoms with E-state index in [-0.39, 0.29) is 22.4 Å². The molecule has 2 aromatic carbocycles. The minimum atomic E-state index is -1.09. The molecule has 7 nitrogen and oxygen atoms in total. The SMILES string of the molecule is COc1cc(C2C3=C(CC(C)(C)CC3=O)N(Cc3ccccc3)C3=C2C(=O)CC(C)(C)C3)cc(I)c1OCC(=O)O. The third-order valence-electron chi connectivity index (χ3n) is 8.13. The molecule has 5 rings (SSSR count). The number of Topliss-reactive ketones (excluding diaryl/α,β-unsaturated/α-hetero) is 2.